The van der Waals surface area contributed by atoms with Gasteiger partial charge in [0.05, 0.1) is 12.5 Å². The maximum absolute atomic E-state index is 12.1. The van der Waals surface area contributed by atoms with E-state index >= 15 is 0 Å². The summed E-state index contributed by atoms with van der Waals surface area (Å²) in [5.74, 6) is 0.0140. The summed E-state index contributed by atoms with van der Waals surface area (Å²) in [6, 6.07) is 7.80. The zero-order valence-electron chi connectivity index (χ0n) is 11.6. The van der Waals surface area contributed by atoms with Crippen LogP contribution in [0.5, 0.6) is 0 Å². The Labute approximate surface area is 109 Å². The van der Waals surface area contributed by atoms with Crippen molar-refractivity contribution in [2.24, 2.45) is 11.8 Å². The molecule has 1 aromatic carbocycles. The number of nitrogens with one attached hydrogen (secondary N) is 1. The standard InChI is InChI=1S/C15H23NO2/c1-10(2)12-7-5-6-8-14(12)16-15(18)13(9-17)11(3)4/h5-8,10-11,13,17H,9H2,1-4H3,(H,16,18). The third kappa shape index (κ3) is 3.57. The Balaban J connectivity index is 2.87. The summed E-state index contributed by atoms with van der Waals surface area (Å²) in [6.07, 6.45) is 0. The summed E-state index contributed by atoms with van der Waals surface area (Å²) in [5, 5.41) is 12.2. The number of benzene rings is 1. The average Bonchev–Trinajstić information content (AvgIpc) is 2.29. The predicted octanol–water partition coefficient (Wildman–Crippen LogP) is 3.01. The van der Waals surface area contributed by atoms with E-state index < -0.39 is 0 Å². The molecule has 0 bridgehead atoms. The number of hydrogen-bond acceptors (Lipinski definition) is 2. The minimum absolute atomic E-state index is 0.111. The molecule has 0 aliphatic rings. The van der Waals surface area contributed by atoms with E-state index in [1.807, 2.05) is 38.1 Å². The molecule has 2 N–H and O–H groups in total. The highest BCUT2D eigenvalue weighted by molar-refractivity contribution is 5.93. The van der Waals surface area contributed by atoms with Gasteiger partial charge in [-0.25, -0.2) is 0 Å². The van der Waals surface area contributed by atoms with Crippen LogP contribution in [0.4, 0.5) is 5.69 Å². The van der Waals surface area contributed by atoms with Crippen molar-refractivity contribution < 1.29 is 9.90 Å². The van der Waals surface area contributed by atoms with Gasteiger partial charge < -0.3 is 10.4 Å². The first-order valence-corrected chi connectivity index (χ1v) is 6.48. The van der Waals surface area contributed by atoms with Gasteiger partial charge in [-0.2, -0.15) is 0 Å². The Morgan fingerprint density at radius 2 is 1.83 bits per heavy atom. The molecule has 100 valence electrons. The molecule has 0 radical (unpaired) electrons. The van der Waals surface area contributed by atoms with Gasteiger partial charge in [0.15, 0.2) is 0 Å². The first-order valence-electron chi connectivity index (χ1n) is 6.48. The maximum Gasteiger partial charge on any atom is 0.230 e. The van der Waals surface area contributed by atoms with E-state index in [1.54, 1.807) is 0 Å². The largest absolute Gasteiger partial charge is 0.396 e. The summed E-state index contributed by atoms with van der Waals surface area (Å²) in [5.41, 5.74) is 1.96. The lowest BCUT2D eigenvalue weighted by Crippen LogP contribution is -2.30. The second-order valence-electron chi connectivity index (χ2n) is 5.26. The molecule has 0 aliphatic heterocycles. The lowest BCUT2D eigenvalue weighted by atomic mass is 9.95. The highest BCUT2D eigenvalue weighted by atomic mass is 16.3. The van der Waals surface area contributed by atoms with E-state index in [-0.39, 0.29) is 24.3 Å². The van der Waals surface area contributed by atoms with Crippen LogP contribution in [0.2, 0.25) is 0 Å². The maximum atomic E-state index is 12.1. The number of carbonyl (C=O) groups is 1. The minimum Gasteiger partial charge on any atom is -0.396 e. The van der Waals surface area contributed by atoms with Gasteiger partial charge in [-0.05, 0) is 23.5 Å². The second kappa shape index (κ2) is 6.55. The lowest BCUT2D eigenvalue weighted by molar-refractivity contribution is -0.122. The summed E-state index contributed by atoms with van der Waals surface area (Å²) in [4.78, 5) is 12.1. The molecule has 0 spiro atoms. The molecule has 1 amide bonds. The van der Waals surface area contributed by atoms with E-state index in [1.165, 1.54) is 0 Å². The molecule has 3 heteroatoms. The summed E-state index contributed by atoms with van der Waals surface area (Å²) in [7, 11) is 0. The topological polar surface area (TPSA) is 49.3 Å². The van der Waals surface area contributed by atoms with Crippen molar-refractivity contribution in [3.05, 3.63) is 29.8 Å². The molecule has 0 fully saturated rings. The Hall–Kier alpha value is -1.35. The van der Waals surface area contributed by atoms with Crippen LogP contribution in [-0.4, -0.2) is 17.6 Å². The monoisotopic (exact) mass is 249 g/mol. The Kier molecular flexibility index (Phi) is 5.35. The van der Waals surface area contributed by atoms with E-state index in [0.717, 1.165) is 11.3 Å². The van der Waals surface area contributed by atoms with Crippen LogP contribution in [0.25, 0.3) is 0 Å². The number of anilines is 1. The van der Waals surface area contributed by atoms with Gasteiger partial charge in [-0.1, -0.05) is 45.9 Å². The minimum atomic E-state index is -0.356. The van der Waals surface area contributed by atoms with Crippen molar-refractivity contribution >= 4 is 11.6 Å². The molecular weight excluding hydrogens is 226 g/mol. The fourth-order valence-electron chi connectivity index (χ4n) is 1.94. The highest BCUT2D eigenvalue weighted by Crippen LogP contribution is 2.24. The van der Waals surface area contributed by atoms with E-state index in [0.29, 0.717) is 5.92 Å². The zero-order chi connectivity index (χ0) is 13.7. The quantitative estimate of drug-likeness (QED) is 0.842. The van der Waals surface area contributed by atoms with Crippen LogP contribution in [-0.2, 0) is 4.79 Å². The van der Waals surface area contributed by atoms with Crippen LogP contribution < -0.4 is 5.32 Å². The zero-order valence-corrected chi connectivity index (χ0v) is 11.6. The number of rotatable bonds is 5. The fourth-order valence-corrected chi connectivity index (χ4v) is 1.94. The van der Waals surface area contributed by atoms with E-state index in [9.17, 15) is 9.90 Å². The van der Waals surface area contributed by atoms with Gasteiger partial charge in [-0.15, -0.1) is 0 Å². The van der Waals surface area contributed by atoms with Crippen molar-refractivity contribution in [2.75, 3.05) is 11.9 Å². The number of aliphatic hydroxyl groups is 1. The molecule has 0 aromatic heterocycles. The van der Waals surface area contributed by atoms with E-state index in [4.69, 9.17) is 0 Å². The number of carbonyl (C=O) groups excluding carboxylic acids is 1. The van der Waals surface area contributed by atoms with Crippen LogP contribution in [0, 0.1) is 11.8 Å². The Morgan fingerprint density at radius 3 is 2.33 bits per heavy atom. The van der Waals surface area contributed by atoms with Gasteiger partial charge in [-0.3, -0.25) is 4.79 Å². The molecule has 0 saturated carbocycles. The molecular formula is C15H23NO2. The lowest BCUT2D eigenvalue weighted by Gasteiger charge is -2.20. The SMILES string of the molecule is CC(C)c1ccccc1NC(=O)C(CO)C(C)C. The fraction of sp³-hybridized carbons (Fsp3) is 0.533. The molecule has 0 saturated heterocycles. The smallest absolute Gasteiger partial charge is 0.230 e. The first-order chi connectivity index (χ1) is 8.47. The highest BCUT2D eigenvalue weighted by Gasteiger charge is 2.22. The Bertz CT molecular complexity index is 399. The molecule has 3 nitrogen and oxygen atoms in total. The van der Waals surface area contributed by atoms with Gasteiger partial charge in [0.25, 0.3) is 0 Å². The third-order valence-corrected chi connectivity index (χ3v) is 3.18. The van der Waals surface area contributed by atoms with Crippen molar-refractivity contribution in [2.45, 2.75) is 33.6 Å². The second-order valence-corrected chi connectivity index (χ2v) is 5.26. The van der Waals surface area contributed by atoms with Gasteiger partial charge >= 0.3 is 0 Å². The number of amides is 1. The first kappa shape index (κ1) is 14.7. The number of hydrogen-bond donors (Lipinski definition) is 2. The molecule has 0 heterocycles. The van der Waals surface area contributed by atoms with Crippen LogP contribution >= 0.6 is 0 Å². The van der Waals surface area contributed by atoms with Gasteiger partial charge in [0, 0.05) is 5.69 Å². The average molecular weight is 249 g/mol. The molecule has 0 aliphatic carbocycles. The number of aliphatic hydroxyl groups excluding tert-OH is 1. The summed E-state index contributed by atoms with van der Waals surface area (Å²) < 4.78 is 0. The molecule has 1 aromatic rings. The van der Waals surface area contributed by atoms with Crippen LogP contribution in [0.1, 0.15) is 39.2 Å². The normalized spacial score (nSPS) is 12.8. The predicted molar refractivity (Wildman–Crippen MR) is 74.6 cm³/mol. The van der Waals surface area contributed by atoms with Crippen molar-refractivity contribution in [3.63, 3.8) is 0 Å². The van der Waals surface area contributed by atoms with Crippen molar-refractivity contribution in [1.82, 2.24) is 0 Å². The molecule has 1 rings (SSSR count). The van der Waals surface area contributed by atoms with E-state index in [2.05, 4.69) is 19.2 Å². The van der Waals surface area contributed by atoms with Gasteiger partial charge in [0.2, 0.25) is 5.91 Å². The van der Waals surface area contributed by atoms with Crippen molar-refractivity contribution in [3.8, 4) is 0 Å². The van der Waals surface area contributed by atoms with Crippen LogP contribution in [0.3, 0.4) is 0 Å². The third-order valence-electron chi connectivity index (χ3n) is 3.18. The summed E-state index contributed by atoms with van der Waals surface area (Å²) in [6.45, 7) is 7.95. The summed E-state index contributed by atoms with van der Waals surface area (Å²) >= 11 is 0. The van der Waals surface area contributed by atoms with Crippen LogP contribution in [0.15, 0.2) is 24.3 Å². The Morgan fingerprint density at radius 1 is 1.22 bits per heavy atom. The van der Waals surface area contributed by atoms with Crippen molar-refractivity contribution in [1.29, 1.82) is 0 Å². The molecule has 1 unspecified atom stereocenters. The number of para-hydroxylation sites is 1. The van der Waals surface area contributed by atoms with Gasteiger partial charge in [0.1, 0.15) is 0 Å². The molecule has 18 heavy (non-hydrogen) atoms. The molecule has 1 atom stereocenters.